The fourth-order valence-electron chi connectivity index (χ4n) is 4.01. The molecule has 1 heterocycles. The molecule has 3 rings (SSSR count). The molecular formula is C30H41FN4O. The van der Waals surface area contributed by atoms with Crippen LogP contribution >= 0.6 is 0 Å². The molecule has 3 aromatic rings. The topological polar surface area (TPSA) is 59.4 Å². The number of fused-ring (bicyclic) bond motifs is 1. The van der Waals surface area contributed by atoms with E-state index in [4.69, 9.17) is 9.73 Å². The molecular weight excluding hydrogens is 451 g/mol. The zero-order valence-corrected chi connectivity index (χ0v) is 23.2. The first-order valence-corrected chi connectivity index (χ1v) is 12.9. The van der Waals surface area contributed by atoms with Gasteiger partial charge >= 0.3 is 0 Å². The summed E-state index contributed by atoms with van der Waals surface area (Å²) >= 11 is 0. The number of methoxy groups -OCH3 is 1. The summed E-state index contributed by atoms with van der Waals surface area (Å²) < 4.78 is 19.1. The maximum Gasteiger partial charge on any atom is 0.145 e. The number of anilines is 1. The molecule has 0 bridgehead atoms. The quantitative estimate of drug-likeness (QED) is 0.305. The molecule has 0 saturated heterocycles. The van der Waals surface area contributed by atoms with Gasteiger partial charge in [-0.25, -0.2) is 14.4 Å². The summed E-state index contributed by atoms with van der Waals surface area (Å²) in [5.74, 6) is 1.74. The Bertz CT molecular complexity index is 1190. The van der Waals surface area contributed by atoms with Crippen molar-refractivity contribution < 1.29 is 9.13 Å². The van der Waals surface area contributed by atoms with Crippen LogP contribution in [0.1, 0.15) is 61.8 Å². The maximum absolute atomic E-state index is 13.5. The Morgan fingerprint density at radius 3 is 2.28 bits per heavy atom. The number of ether oxygens (including phenoxy) is 1. The minimum Gasteiger partial charge on any atom is -0.494 e. The summed E-state index contributed by atoms with van der Waals surface area (Å²) in [5, 5.41) is 4.42. The van der Waals surface area contributed by atoms with Gasteiger partial charge in [-0.2, -0.15) is 0 Å². The molecule has 1 aromatic heterocycles. The van der Waals surface area contributed by atoms with Gasteiger partial charge in [0.25, 0.3) is 0 Å². The molecule has 2 atom stereocenters. The first-order chi connectivity index (χ1) is 17.3. The number of rotatable bonds is 9. The van der Waals surface area contributed by atoms with Crippen molar-refractivity contribution >= 4 is 22.4 Å². The highest BCUT2D eigenvalue weighted by atomic mass is 19.1. The largest absolute Gasteiger partial charge is 0.494 e. The molecule has 0 aliphatic heterocycles. The van der Waals surface area contributed by atoms with E-state index < -0.39 is 0 Å². The highest BCUT2D eigenvalue weighted by Crippen LogP contribution is 2.34. The average molecular weight is 493 g/mol. The lowest BCUT2D eigenvalue weighted by molar-refractivity contribution is 0.419. The van der Waals surface area contributed by atoms with E-state index in [-0.39, 0.29) is 11.9 Å². The predicted octanol–water partition coefficient (Wildman–Crippen LogP) is 8.32. The van der Waals surface area contributed by atoms with Crippen molar-refractivity contribution in [3.63, 3.8) is 0 Å². The number of allylic oxidation sites excluding steroid dienone is 2. The van der Waals surface area contributed by atoms with E-state index in [0.29, 0.717) is 23.4 Å². The van der Waals surface area contributed by atoms with Crippen molar-refractivity contribution in [3.05, 3.63) is 60.3 Å². The number of hydrogen-bond donors (Lipinski definition) is 1. The molecule has 2 unspecified atom stereocenters. The Labute approximate surface area is 215 Å². The Balaban J connectivity index is 0.00000222. The second-order valence-corrected chi connectivity index (χ2v) is 8.88. The fraction of sp³-hybridized carbons (Fsp3) is 0.433. The smallest absolute Gasteiger partial charge is 0.145 e. The van der Waals surface area contributed by atoms with E-state index in [9.17, 15) is 4.39 Å². The Morgan fingerprint density at radius 1 is 1.06 bits per heavy atom. The van der Waals surface area contributed by atoms with Crippen LogP contribution in [-0.4, -0.2) is 28.8 Å². The molecule has 0 fully saturated rings. The SMILES string of the molecule is C/C=C(\N=C(C(C)CC)C(C)Nc1ncnc2c(OC)cc(-c3ccc(F)cc3)cc12)C(C)C.CC. The van der Waals surface area contributed by atoms with Gasteiger partial charge in [-0.05, 0) is 67.5 Å². The summed E-state index contributed by atoms with van der Waals surface area (Å²) in [5.41, 5.74) is 4.69. The number of nitrogens with one attached hydrogen (secondary N) is 1. The van der Waals surface area contributed by atoms with E-state index in [1.165, 1.54) is 12.1 Å². The summed E-state index contributed by atoms with van der Waals surface area (Å²) in [6, 6.07) is 10.3. The number of benzene rings is 2. The fourth-order valence-corrected chi connectivity index (χ4v) is 4.01. The number of aliphatic imine (C=N–C) groups is 1. The van der Waals surface area contributed by atoms with Crippen LogP contribution in [0.25, 0.3) is 22.0 Å². The maximum atomic E-state index is 13.5. The first-order valence-electron chi connectivity index (χ1n) is 12.9. The molecule has 194 valence electrons. The van der Waals surface area contributed by atoms with Gasteiger partial charge in [0.1, 0.15) is 29.2 Å². The number of aromatic nitrogens is 2. The van der Waals surface area contributed by atoms with Crippen molar-refractivity contribution in [2.75, 3.05) is 12.4 Å². The molecule has 0 spiro atoms. The van der Waals surface area contributed by atoms with Gasteiger partial charge < -0.3 is 10.1 Å². The van der Waals surface area contributed by atoms with Gasteiger partial charge in [0, 0.05) is 16.8 Å². The minimum absolute atomic E-state index is 0.0396. The minimum atomic E-state index is -0.269. The highest BCUT2D eigenvalue weighted by Gasteiger charge is 2.20. The highest BCUT2D eigenvalue weighted by molar-refractivity contribution is 5.99. The third-order valence-corrected chi connectivity index (χ3v) is 6.16. The van der Waals surface area contributed by atoms with E-state index >= 15 is 0 Å². The second kappa shape index (κ2) is 13.7. The third-order valence-electron chi connectivity index (χ3n) is 6.16. The molecule has 36 heavy (non-hydrogen) atoms. The zero-order valence-electron chi connectivity index (χ0n) is 23.2. The normalized spacial score (nSPS) is 13.8. The van der Waals surface area contributed by atoms with E-state index in [0.717, 1.165) is 39.9 Å². The van der Waals surface area contributed by atoms with Gasteiger partial charge in [-0.15, -0.1) is 0 Å². The van der Waals surface area contributed by atoms with Crippen LogP contribution < -0.4 is 10.1 Å². The van der Waals surface area contributed by atoms with Gasteiger partial charge in [-0.1, -0.05) is 59.8 Å². The molecule has 1 N–H and O–H groups in total. The van der Waals surface area contributed by atoms with E-state index in [1.807, 2.05) is 32.9 Å². The predicted molar refractivity (Wildman–Crippen MR) is 151 cm³/mol. The summed E-state index contributed by atoms with van der Waals surface area (Å²) in [7, 11) is 1.62. The van der Waals surface area contributed by atoms with Gasteiger partial charge in [0.2, 0.25) is 0 Å². The summed E-state index contributed by atoms with van der Waals surface area (Å²) in [6.07, 6.45) is 4.62. The van der Waals surface area contributed by atoms with Crippen LogP contribution in [0.3, 0.4) is 0 Å². The standard InChI is InChI=1S/C28H35FN4O.C2H6/c1-8-18(5)26(33-24(9-2)17(3)4)19(6)32-28-23-14-21(20-10-12-22(29)13-11-20)15-25(34-7)27(23)30-16-31-28;1-2/h9-19H,8H2,1-7H3,(H,30,31,32);1-2H3/b24-9-,33-26?;. The van der Waals surface area contributed by atoms with Gasteiger partial charge in [-0.3, -0.25) is 4.99 Å². The Hall–Kier alpha value is -3.28. The molecule has 0 aliphatic carbocycles. The van der Waals surface area contributed by atoms with Crippen LogP contribution in [0.2, 0.25) is 0 Å². The van der Waals surface area contributed by atoms with Crippen LogP contribution in [0, 0.1) is 17.7 Å². The zero-order chi connectivity index (χ0) is 26.8. The molecule has 0 amide bonds. The molecule has 5 nitrogen and oxygen atoms in total. The third kappa shape index (κ3) is 6.90. The van der Waals surface area contributed by atoms with Crippen molar-refractivity contribution in [2.24, 2.45) is 16.8 Å². The van der Waals surface area contributed by atoms with Crippen molar-refractivity contribution in [3.8, 4) is 16.9 Å². The van der Waals surface area contributed by atoms with Crippen molar-refractivity contribution in [2.45, 2.75) is 67.9 Å². The van der Waals surface area contributed by atoms with Crippen molar-refractivity contribution in [1.82, 2.24) is 9.97 Å². The van der Waals surface area contributed by atoms with E-state index in [1.54, 1.807) is 25.6 Å². The number of hydrogen-bond acceptors (Lipinski definition) is 5. The lowest BCUT2D eigenvalue weighted by atomic mass is 9.96. The summed E-state index contributed by atoms with van der Waals surface area (Å²) in [6.45, 7) is 16.9. The van der Waals surface area contributed by atoms with Crippen LogP contribution in [0.4, 0.5) is 10.2 Å². The molecule has 2 aromatic carbocycles. The second-order valence-electron chi connectivity index (χ2n) is 8.88. The average Bonchev–Trinajstić information content (AvgIpc) is 2.89. The lowest BCUT2D eigenvalue weighted by Crippen LogP contribution is -2.32. The van der Waals surface area contributed by atoms with E-state index in [2.05, 4.69) is 56.0 Å². The Kier molecular flexibility index (Phi) is 11.0. The van der Waals surface area contributed by atoms with Crippen LogP contribution in [-0.2, 0) is 0 Å². The molecule has 0 radical (unpaired) electrons. The van der Waals surface area contributed by atoms with Gasteiger partial charge in [0.05, 0.1) is 13.2 Å². The molecule has 0 aliphatic rings. The number of nitrogens with zero attached hydrogens (tertiary/aromatic N) is 3. The lowest BCUT2D eigenvalue weighted by Gasteiger charge is -2.23. The van der Waals surface area contributed by atoms with Crippen LogP contribution in [0.5, 0.6) is 5.75 Å². The summed E-state index contributed by atoms with van der Waals surface area (Å²) in [4.78, 5) is 14.1. The molecule has 6 heteroatoms. The Morgan fingerprint density at radius 2 is 1.72 bits per heavy atom. The first kappa shape index (κ1) is 29.0. The van der Waals surface area contributed by atoms with Crippen molar-refractivity contribution in [1.29, 1.82) is 0 Å². The van der Waals surface area contributed by atoms with Gasteiger partial charge in [0.15, 0.2) is 0 Å². The van der Waals surface area contributed by atoms with Crippen LogP contribution in [0.15, 0.2) is 59.5 Å². The molecule has 0 saturated carbocycles. The monoisotopic (exact) mass is 492 g/mol. The number of halogens is 1.